The molecule has 7 nitrogen and oxygen atoms in total. The van der Waals surface area contributed by atoms with Crippen molar-refractivity contribution in [2.45, 2.75) is 6.18 Å². The maximum atomic E-state index is 13.0. The summed E-state index contributed by atoms with van der Waals surface area (Å²) in [7, 11) is 3.27. The molecule has 10 heteroatoms. The van der Waals surface area contributed by atoms with Crippen LogP contribution in [0.1, 0.15) is 26.3 Å². The molecule has 0 fully saturated rings. The smallest absolute Gasteiger partial charge is 0.416 e. The molecule has 1 heterocycles. The van der Waals surface area contributed by atoms with Crippen LogP contribution in [0.3, 0.4) is 0 Å². The summed E-state index contributed by atoms with van der Waals surface area (Å²) in [6.45, 7) is 0. The van der Waals surface area contributed by atoms with E-state index in [1.54, 1.807) is 54.3 Å². The fourth-order valence-electron chi connectivity index (χ4n) is 3.54. The van der Waals surface area contributed by atoms with Crippen molar-refractivity contribution in [2.24, 2.45) is 7.05 Å². The lowest BCUT2D eigenvalue weighted by Crippen LogP contribution is -2.15. The lowest BCUT2D eigenvalue weighted by Gasteiger charge is -2.12. The van der Waals surface area contributed by atoms with E-state index in [9.17, 15) is 22.8 Å². The molecule has 36 heavy (non-hydrogen) atoms. The fraction of sp³-hybridized carbons (Fsp3) is 0.115. The number of amides is 2. The van der Waals surface area contributed by atoms with Gasteiger partial charge in [-0.25, -0.2) is 0 Å². The normalized spacial score (nSPS) is 11.1. The topological polar surface area (TPSA) is 85.2 Å². The van der Waals surface area contributed by atoms with Crippen LogP contribution in [0, 0.1) is 0 Å². The standard InChI is InChI=1S/C26H21F3N4O3/c1-33-15-18(14-30-33)16-9-10-22(23(12-16)36-2)25(35)32-21-8-4-7-20(13-21)31-24(34)17-5-3-6-19(11-17)26(27,28)29/h3-15H,1-2H3,(H,31,34)(H,32,35). The van der Waals surface area contributed by atoms with Crippen LogP contribution in [0.2, 0.25) is 0 Å². The van der Waals surface area contributed by atoms with Crippen LogP contribution >= 0.6 is 0 Å². The minimum absolute atomic E-state index is 0.141. The molecule has 0 aliphatic rings. The summed E-state index contributed by atoms with van der Waals surface area (Å²) in [5, 5.41) is 9.44. The number of carbonyl (C=O) groups excluding carboxylic acids is 2. The summed E-state index contributed by atoms with van der Waals surface area (Å²) in [5.41, 5.74) is 1.61. The van der Waals surface area contributed by atoms with Crippen LogP contribution in [0.5, 0.6) is 5.75 Å². The molecule has 0 aliphatic heterocycles. The first-order valence-electron chi connectivity index (χ1n) is 10.7. The van der Waals surface area contributed by atoms with Gasteiger partial charge in [-0.2, -0.15) is 18.3 Å². The number of aryl methyl sites for hydroxylation is 1. The highest BCUT2D eigenvalue weighted by Crippen LogP contribution is 2.30. The summed E-state index contributed by atoms with van der Waals surface area (Å²) < 4.78 is 45.9. The molecule has 4 aromatic rings. The minimum Gasteiger partial charge on any atom is -0.496 e. The van der Waals surface area contributed by atoms with E-state index >= 15 is 0 Å². The number of nitrogens with one attached hydrogen (secondary N) is 2. The van der Waals surface area contributed by atoms with Gasteiger partial charge in [0.2, 0.25) is 0 Å². The van der Waals surface area contributed by atoms with Gasteiger partial charge in [-0.05, 0) is 54.1 Å². The third kappa shape index (κ3) is 5.54. The van der Waals surface area contributed by atoms with E-state index in [-0.39, 0.29) is 5.56 Å². The molecule has 0 unspecified atom stereocenters. The van der Waals surface area contributed by atoms with Gasteiger partial charge < -0.3 is 15.4 Å². The average Bonchev–Trinajstić information content (AvgIpc) is 3.29. The molecule has 0 saturated carbocycles. The van der Waals surface area contributed by atoms with Gasteiger partial charge in [0, 0.05) is 35.7 Å². The van der Waals surface area contributed by atoms with Crippen LogP contribution in [0.4, 0.5) is 24.5 Å². The average molecular weight is 494 g/mol. The Morgan fingerprint density at radius 1 is 0.889 bits per heavy atom. The molecule has 0 radical (unpaired) electrons. The predicted molar refractivity (Wildman–Crippen MR) is 129 cm³/mol. The van der Waals surface area contributed by atoms with Crippen molar-refractivity contribution in [2.75, 3.05) is 17.7 Å². The SMILES string of the molecule is COc1cc(-c2cnn(C)c2)ccc1C(=O)Nc1cccc(NC(=O)c2cccc(C(F)(F)F)c2)c1. The maximum absolute atomic E-state index is 13.0. The van der Waals surface area contributed by atoms with Crippen molar-refractivity contribution in [3.8, 4) is 16.9 Å². The van der Waals surface area contributed by atoms with Crippen molar-refractivity contribution in [1.29, 1.82) is 0 Å². The number of hydrogen-bond acceptors (Lipinski definition) is 4. The van der Waals surface area contributed by atoms with Crippen LogP contribution in [-0.4, -0.2) is 28.7 Å². The number of ether oxygens (including phenoxy) is 1. The summed E-state index contributed by atoms with van der Waals surface area (Å²) in [6, 6.07) is 15.6. The van der Waals surface area contributed by atoms with E-state index in [1.165, 1.54) is 25.3 Å². The number of alkyl halides is 3. The maximum Gasteiger partial charge on any atom is 0.416 e. The van der Waals surface area contributed by atoms with Crippen LogP contribution < -0.4 is 15.4 Å². The monoisotopic (exact) mass is 494 g/mol. The second-order valence-electron chi connectivity index (χ2n) is 7.89. The molecule has 0 saturated heterocycles. The number of halogens is 3. The van der Waals surface area contributed by atoms with Gasteiger partial charge in [-0.1, -0.05) is 18.2 Å². The summed E-state index contributed by atoms with van der Waals surface area (Å²) >= 11 is 0. The number of carbonyl (C=O) groups is 2. The second-order valence-corrected chi connectivity index (χ2v) is 7.89. The Morgan fingerprint density at radius 3 is 2.22 bits per heavy atom. The third-order valence-corrected chi connectivity index (χ3v) is 5.31. The Bertz CT molecular complexity index is 1430. The van der Waals surface area contributed by atoms with Crippen molar-refractivity contribution in [3.63, 3.8) is 0 Å². The number of benzene rings is 3. The Labute approximate surface area is 204 Å². The Morgan fingerprint density at radius 2 is 1.58 bits per heavy atom. The van der Waals surface area contributed by atoms with Gasteiger partial charge in [0.15, 0.2) is 0 Å². The number of rotatable bonds is 6. The van der Waals surface area contributed by atoms with E-state index in [0.29, 0.717) is 22.7 Å². The molecule has 184 valence electrons. The fourth-order valence-corrected chi connectivity index (χ4v) is 3.54. The highest BCUT2D eigenvalue weighted by molar-refractivity contribution is 6.08. The summed E-state index contributed by atoms with van der Waals surface area (Å²) in [6.07, 6.45) is -1.01. The highest BCUT2D eigenvalue weighted by Gasteiger charge is 2.30. The molecule has 0 bridgehead atoms. The second kappa shape index (κ2) is 9.95. The summed E-state index contributed by atoms with van der Waals surface area (Å²) in [5.74, 6) is -0.786. The molecular weight excluding hydrogens is 473 g/mol. The van der Waals surface area contributed by atoms with Gasteiger partial charge in [0.05, 0.1) is 24.4 Å². The van der Waals surface area contributed by atoms with Gasteiger partial charge in [-0.15, -0.1) is 0 Å². The van der Waals surface area contributed by atoms with Crippen molar-refractivity contribution >= 4 is 23.2 Å². The Hall–Kier alpha value is -4.60. The molecule has 0 spiro atoms. The van der Waals surface area contributed by atoms with Gasteiger partial charge in [0.25, 0.3) is 11.8 Å². The Kier molecular flexibility index (Phi) is 6.77. The van der Waals surface area contributed by atoms with Crippen molar-refractivity contribution in [3.05, 3.63) is 95.8 Å². The van der Waals surface area contributed by atoms with E-state index in [4.69, 9.17) is 4.74 Å². The van der Waals surface area contributed by atoms with Gasteiger partial charge in [-0.3, -0.25) is 14.3 Å². The van der Waals surface area contributed by atoms with E-state index in [0.717, 1.165) is 23.3 Å². The largest absolute Gasteiger partial charge is 0.496 e. The van der Waals surface area contributed by atoms with Crippen molar-refractivity contribution in [1.82, 2.24) is 9.78 Å². The minimum atomic E-state index is -4.56. The highest BCUT2D eigenvalue weighted by atomic mass is 19.4. The molecule has 4 rings (SSSR count). The first-order valence-corrected chi connectivity index (χ1v) is 10.7. The molecule has 0 aliphatic carbocycles. The zero-order valence-corrected chi connectivity index (χ0v) is 19.3. The molecule has 2 N–H and O–H groups in total. The third-order valence-electron chi connectivity index (χ3n) is 5.31. The zero-order chi connectivity index (χ0) is 25.9. The number of nitrogens with zero attached hydrogens (tertiary/aromatic N) is 2. The first-order chi connectivity index (χ1) is 17.1. The molecular formula is C26H21F3N4O3. The van der Waals surface area contributed by atoms with E-state index in [2.05, 4.69) is 15.7 Å². The predicted octanol–water partition coefficient (Wildman–Crippen LogP) is 5.62. The number of hydrogen-bond donors (Lipinski definition) is 2. The van der Waals surface area contributed by atoms with E-state index < -0.39 is 23.6 Å². The molecule has 0 atom stereocenters. The molecule has 3 aromatic carbocycles. The van der Waals surface area contributed by atoms with Crippen LogP contribution in [0.15, 0.2) is 79.1 Å². The molecule has 2 amide bonds. The first kappa shape index (κ1) is 24.5. The van der Waals surface area contributed by atoms with Crippen LogP contribution in [0.25, 0.3) is 11.1 Å². The summed E-state index contributed by atoms with van der Waals surface area (Å²) in [4.78, 5) is 25.4. The number of aromatic nitrogens is 2. The zero-order valence-electron chi connectivity index (χ0n) is 19.3. The van der Waals surface area contributed by atoms with E-state index in [1.807, 2.05) is 6.20 Å². The van der Waals surface area contributed by atoms with Crippen molar-refractivity contribution < 1.29 is 27.5 Å². The lowest BCUT2D eigenvalue weighted by atomic mass is 10.1. The molecule has 1 aromatic heterocycles. The van der Waals surface area contributed by atoms with Gasteiger partial charge >= 0.3 is 6.18 Å². The van der Waals surface area contributed by atoms with Gasteiger partial charge in [0.1, 0.15) is 5.75 Å². The quantitative estimate of drug-likeness (QED) is 0.364. The lowest BCUT2D eigenvalue weighted by molar-refractivity contribution is -0.137. The Balaban J connectivity index is 1.49. The van der Waals surface area contributed by atoms with Crippen LogP contribution in [-0.2, 0) is 13.2 Å². The number of methoxy groups -OCH3 is 1. The number of anilines is 2.